The summed E-state index contributed by atoms with van der Waals surface area (Å²) in [6, 6.07) is -0.922. The highest BCUT2D eigenvalue weighted by atomic mass is 16.7. The molecule has 0 aromatic heterocycles. The van der Waals surface area contributed by atoms with Crippen molar-refractivity contribution in [1.82, 2.24) is 5.06 Å². The largest absolute Gasteiger partial charge is 0.480 e. The Balaban J connectivity index is 4.64. The van der Waals surface area contributed by atoms with Crippen LogP contribution < -0.4 is 0 Å². The molecule has 0 aliphatic carbocycles. The molecule has 1 amide bonds. The Kier molecular flexibility index (Phi) is 6.16. The molecule has 0 saturated carbocycles. The van der Waals surface area contributed by atoms with Crippen molar-refractivity contribution in [2.75, 3.05) is 0 Å². The fourth-order valence-corrected chi connectivity index (χ4v) is 1.33. The Bertz CT molecular complexity index is 258. The molecule has 0 radical (unpaired) electrons. The number of carbonyl (C=O) groups excluding carboxylic acids is 1. The lowest BCUT2D eigenvalue weighted by molar-refractivity contribution is -0.235. The molecule has 0 rings (SSSR count). The van der Waals surface area contributed by atoms with E-state index in [0.29, 0.717) is 18.7 Å². The maximum absolute atomic E-state index is 11.1. The van der Waals surface area contributed by atoms with Gasteiger partial charge >= 0.3 is 5.97 Å². The fraction of sp³-hybridized carbons (Fsp3) is 0.833. The molecule has 5 nitrogen and oxygen atoms in total. The summed E-state index contributed by atoms with van der Waals surface area (Å²) in [6.45, 7) is 9.32. The second-order valence-corrected chi connectivity index (χ2v) is 5.49. The first-order chi connectivity index (χ1) is 7.67. The van der Waals surface area contributed by atoms with Crippen molar-refractivity contribution in [2.24, 2.45) is 5.92 Å². The number of carboxylic acid groups (broad SMARTS) is 1. The quantitative estimate of drug-likeness (QED) is 0.550. The maximum atomic E-state index is 11.1. The molecule has 1 unspecified atom stereocenters. The van der Waals surface area contributed by atoms with Gasteiger partial charge in [0, 0.05) is 0 Å². The molecule has 1 atom stereocenters. The number of carboxylic acids is 1. The predicted octanol–water partition coefficient (Wildman–Crippen LogP) is 2.06. The lowest BCUT2D eigenvalue weighted by atomic mass is 10.0. The van der Waals surface area contributed by atoms with Gasteiger partial charge in [0.25, 0.3) is 0 Å². The van der Waals surface area contributed by atoms with Crippen molar-refractivity contribution in [3.8, 4) is 0 Å². The summed E-state index contributed by atoms with van der Waals surface area (Å²) in [5.41, 5.74) is -0.591. The summed E-state index contributed by atoms with van der Waals surface area (Å²) in [5, 5.41) is 10.0. The van der Waals surface area contributed by atoms with E-state index >= 15 is 0 Å². The van der Waals surface area contributed by atoms with Gasteiger partial charge in [-0.25, -0.2) is 9.86 Å². The number of hydrogen-bond acceptors (Lipinski definition) is 3. The Morgan fingerprint density at radius 3 is 2.18 bits per heavy atom. The van der Waals surface area contributed by atoms with Crippen molar-refractivity contribution in [2.45, 2.75) is 59.1 Å². The summed E-state index contributed by atoms with van der Waals surface area (Å²) in [4.78, 5) is 27.4. The number of hydrogen-bond donors (Lipinski definition) is 1. The maximum Gasteiger partial charge on any atom is 0.329 e. The first-order valence-electron chi connectivity index (χ1n) is 5.83. The minimum atomic E-state index is -1.04. The van der Waals surface area contributed by atoms with E-state index in [2.05, 4.69) is 0 Å². The van der Waals surface area contributed by atoms with Crippen LogP contribution in [0.4, 0.5) is 0 Å². The normalized spacial score (nSPS) is 13.5. The van der Waals surface area contributed by atoms with Gasteiger partial charge in [0.15, 0.2) is 6.04 Å². The zero-order chi connectivity index (χ0) is 13.6. The van der Waals surface area contributed by atoms with Crippen molar-refractivity contribution < 1.29 is 19.5 Å². The van der Waals surface area contributed by atoms with Gasteiger partial charge in [0.2, 0.25) is 6.41 Å². The zero-order valence-corrected chi connectivity index (χ0v) is 11.3. The second-order valence-electron chi connectivity index (χ2n) is 5.49. The smallest absolute Gasteiger partial charge is 0.329 e. The van der Waals surface area contributed by atoms with E-state index in [1.807, 2.05) is 13.8 Å². The number of amides is 1. The number of carbonyl (C=O) groups is 2. The standard InChI is InChI=1S/C12H23NO4/c1-9(2)6-7-10(11(15)16)13(8-14)17-12(3,4)5/h8-10H,6-7H2,1-5H3,(H,15,16). The third kappa shape index (κ3) is 6.94. The first kappa shape index (κ1) is 15.9. The van der Waals surface area contributed by atoms with Crippen molar-refractivity contribution in [3.05, 3.63) is 0 Å². The minimum Gasteiger partial charge on any atom is -0.480 e. The van der Waals surface area contributed by atoms with E-state index in [-0.39, 0.29) is 0 Å². The van der Waals surface area contributed by atoms with E-state index in [1.54, 1.807) is 20.8 Å². The van der Waals surface area contributed by atoms with Crippen LogP contribution in [0.2, 0.25) is 0 Å². The molecular formula is C12H23NO4. The summed E-state index contributed by atoms with van der Waals surface area (Å²) in [6.07, 6.45) is 1.56. The van der Waals surface area contributed by atoms with Gasteiger partial charge in [-0.05, 0) is 39.5 Å². The highest BCUT2D eigenvalue weighted by Crippen LogP contribution is 2.16. The van der Waals surface area contributed by atoms with Crippen molar-refractivity contribution in [1.29, 1.82) is 0 Å². The van der Waals surface area contributed by atoms with Gasteiger partial charge in [-0.3, -0.25) is 9.63 Å². The average Bonchev–Trinajstić information content (AvgIpc) is 2.13. The van der Waals surface area contributed by atoms with Crippen LogP contribution in [0.15, 0.2) is 0 Å². The SMILES string of the molecule is CC(C)CCC(C(=O)O)N(C=O)OC(C)(C)C. The average molecular weight is 245 g/mol. The van der Waals surface area contributed by atoms with E-state index in [9.17, 15) is 9.59 Å². The fourth-order valence-electron chi connectivity index (χ4n) is 1.33. The minimum absolute atomic E-state index is 0.389. The van der Waals surface area contributed by atoms with Gasteiger partial charge in [0.05, 0.1) is 5.60 Å². The Hall–Kier alpha value is -1.10. The number of aliphatic carboxylic acids is 1. The molecule has 0 aliphatic heterocycles. The lowest BCUT2D eigenvalue weighted by Crippen LogP contribution is -2.44. The molecule has 0 saturated heterocycles. The number of rotatable bonds is 7. The van der Waals surface area contributed by atoms with E-state index in [1.165, 1.54) is 0 Å². The molecule has 0 spiro atoms. The van der Waals surface area contributed by atoms with Crippen molar-refractivity contribution in [3.63, 3.8) is 0 Å². The highest BCUT2D eigenvalue weighted by Gasteiger charge is 2.29. The molecule has 100 valence electrons. The molecule has 0 aliphatic rings. The lowest BCUT2D eigenvalue weighted by Gasteiger charge is -2.31. The monoisotopic (exact) mass is 245 g/mol. The van der Waals surface area contributed by atoms with Gasteiger partial charge in [-0.1, -0.05) is 13.8 Å². The number of nitrogens with zero attached hydrogens (tertiary/aromatic N) is 1. The summed E-state index contributed by atoms with van der Waals surface area (Å²) in [7, 11) is 0. The molecule has 0 fully saturated rings. The van der Waals surface area contributed by atoms with Gasteiger partial charge < -0.3 is 5.11 Å². The molecule has 17 heavy (non-hydrogen) atoms. The Labute approximate surface area is 103 Å². The predicted molar refractivity (Wildman–Crippen MR) is 64.2 cm³/mol. The molecule has 1 N–H and O–H groups in total. The second kappa shape index (κ2) is 6.59. The van der Waals surface area contributed by atoms with E-state index in [4.69, 9.17) is 9.94 Å². The topological polar surface area (TPSA) is 66.8 Å². The van der Waals surface area contributed by atoms with E-state index in [0.717, 1.165) is 11.5 Å². The first-order valence-corrected chi connectivity index (χ1v) is 5.83. The van der Waals surface area contributed by atoms with Crippen LogP contribution in [0.1, 0.15) is 47.5 Å². The Morgan fingerprint density at radius 2 is 1.88 bits per heavy atom. The number of hydroxylamine groups is 2. The molecule has 0 aromatic rings. The molecule has 0 aromatic carbocycles. The van der Waals surface area contributed by atoms with Crippen LogP contribution in [-0.2, 0) is 14.4 Å². The third-order valence-corrected chi connectivity index (χ3v) is 2.09. The van der Waals surface area contributed by atoms with Gasteiger partial charge in [0.1, 0.15) is 0 Å². The summed E-state index contributed by atoms with van der Waals surface area (Å²) < 4.78 is 0. The summed E-state index contributed by atoms with van der Waals surface area (Å²) in [5.74, 6) is -0.651. The third-order valence-electron chi connectivity index (χ3n) is 2.09. The van der Waals surface area contributed by atoms with Crippen LogP contribution >= 0.6 is 0 Å². The van der Waals surface area contributed by atoms with E-state index < -0.39 is 17.6 Å². The van der Waals surface area contributed by atoms with Crippen LogP contribution in [0.5, 0.6) is 0 Å². The highest BCUT2D eigenvalue weighted by molar-refractivity contribution is 5.75. The zero-order valence-electron chi connectivity index (χ0n) is 11.3. The van der Waals surface area contributed by atoms with Crippen LogP contribution in [0.3, 0.4) is 0 Å². The molecule has 5 heteroatoms. The van der Waals surface area contributed by atoms with Crippen LogP contribution in [0.25, 0.3) is 0 Å². The molecule has 0 heterocycles. The molecule has 0 bridgehead atoms. The van der Waals surface area contributed by atoms with Gasteiger partial charge in [-0.15, -0.1) is 0 Å². The van der Waals surface area contributed by atoms with Crippen LogP contribution in [0, 0.1) is 5.92 Å². The van der Waals surface area contributed by atoms with Crippen molar-refractivity contribution >= 4 is 12.4 Å². The Morgan fingerprint density at radius 1 is 1.35 bits per heavy atom. The molecular weight excluding hydrogens is 222 g/mol. The van der Waals surface area contributed by atoms with Gasteiger partial charge in [-0.2, -0.15) is 0 Å². The summed E-state index contributed by atoms with van der Waals surface area (Å²) >= 11 is 0. The van der Waals surface area contributed by atoms with Crippen LogP contribution in [-0.4, -0.2) is 34.2 Å².